The van der Waals surface area contributed by atoms with Crippen LogP contribution < -0.4 is 10.1 Å². The molecule has 0 spiro atoms. The van der Waals surface area contributed by atoms with Crippen LogP contribution in [0.15, 0.2) is 48.5 Å². The van der Waals surface area contributed by atoms with Crippen LogP contribution in [0.4, 0.5) is 8.78 Å². The van der Waals surface area contributed by atoms with Crippen LogP contribution in [0.1, 0.15) is 34.1 Å². The summed E-state index contributed by atoms with van der Waals surface area (Å²) in [5, 5.41) is 15.9. The number of aliphatic carboxylic acids is 1. The van der Waals surface area contributed by atoms with Gasteiger partial charge in [-0.2, -0.15) is 9.78 Å². The zero-order chi connectivity index (χ0) is 21.8. The minimum Gasteiger partial charge on any atom is -0.481 e. The Morgan fingerprint density at radius 2 is 1.93 bits per heavy atom. The molecule has 1 heterocycles. The van der Waals surface area contributed by atoms with E-state index < -0.39 is 29.6 Å². The summed E-state index contributed by atoms with van der Waals surface area (Å²) in [6.45, 7) is 1.81. The number of benzene rings is 2. The van der Waals surface area contributed by atoms with Gasteiger partial charge in [0.15, 0.2) is 5.69 Å². The lowest BCUT2D eigenvalue weighted by Crippen LogP contribution is -2.31. The number of carbonyl (C=O) groups excluding carboxylic acids is 1. The summed E-state index contributed by atoms with van der Waals surface area (Å²) in [7, 11) is 1.30. The number of hydrogen-bond donors (Lipinski definition) is 2. The van der Waals surface area contributed by atoms with E-state index in [0.29, 0.717) is 5.56 Å². The second-order valence-electron chi connectivity index (χ2n) is 6.56. The van der Waals surface area contributed by atoms with Crippen molar-refractivity contribution in [1.82, 2.24) is 15.1 Å². The zero-order valence-corrected chi connectivity index (χ0v) is 16.2. The van der Waals surface area contributed by atoms with Gasteiger partial charge in [0.2, 0.25) is 5.88 Å². The molecular formula is C21H19F2N3O4. The number of carboxylic acids is 1. The summed E-state index contributed by atoms with van der Waals surface area (Å²) in [6, 6.07) is 10.4. The van der Waals surface area contributed by atoms with Gasteiger partial charge in [0.05, 0.1) is 19.6 Å². The Hall–Kier alpha value is -3.75. The van der Waals surface area contributed by atoms with Crippen molar-refractivity contribution in [3.8, 4) is 11.6 Å². The maximum absolute atomic E-state index is 14.2. The van der Waals surface area contributed by atoms with E-state index in [1.165, 1.54) is 13.2 Å². The van der Waals surface area contributed by atoms with Gasteiger partial charge in [-0.05, 0) is 30.2 Å². The summed E-state index contributed by atoms with van der Waals surface area (Å²) < 4.78 is 33.8. The van der Waals surface area contributed by atoms with E-state index in [4.69, 9.17) is 4.74 Å². The maximum atomic E-state index is 14.2. The normalized spacial score (nSPS) is 11.7. The average Bonchev–Trinajstić information content (AvgIpc) is 3.13. The Morgan fingerprint density at radius 3 is 2.60 bits per heavy atom. The number of carbonyl (C=O) groups is 2. The van der Waals surface area contributed by atoms with Crippen LogP contribution in [0.25, 0.3) is 5.69 Å². The van der Waals surface area contributed by atoms with E-state index in [1.807, 2.05) is 0 Å². The van der Waals surface area contributed by atoms with Crippen molar-refractivity contribution >= 4 is 11.9 Å². The fourth-order valence-electron chi connectivity index (χ4n) is 3.06. The minimum absolute atomic E-state index is 0.00956. The van der Waals surface area contributed by atoms with Crippen LogP contribution >= 0.6 is 0 Å². The molecule has 0 fully saturated rings. The van der Waals surface area contributed by atoms with Crippen LogP contribution in [0.5, 0.6) is 5.88 Å². The van der Waals surface area contributed by atoms with Crippen LogP contribution in [0, 0.1) is 18.6 Å². The molecule has 3 rings (SSSR count). The van der Waals surface area contributed by atoms with Gasteiger partial charge in [0.25, 0.3) is 5.91 Å². The predicted molar refractivity (Wildman–Crippen MR) is 104 cm³/mol. The summed E-state index contributed by atoms with van der Waals surface area (Å²) in [5.41, 5.74) is 1.09. The molecule has 7 nitrogen and oxygen atoms in total. The lowest BCUT2D eigenvalue weighted by Gasteiger charge is -2.18. The van der Waals surface area contributed by atoms with Gasteiger partial charge in [-0.25, -0.2) is 8.78 Å². The monoisotopic (exact) mass is 415 g/mol. The highest BCUT2D eigenvalue weighted by molar-refractivity contribution is 5.93. The number of nitrogens with one attached hydrogen (secondary N) is 1. The molecule has 0 aliphatic carbocycles. The summed E-state index contributed by atoms with van der Waals surface area (Å²) >= 11 is 0. The van der Waals surface area contributed by atoms with E-state index in [1.54, 1.807) is 31.2 Å². The van der Waals surface area contributed by atoms with Crippen molar-refractivity contribution < 1.29 is 28.2 Å². The first-order valence-corrected chi connectivity index (χ1v) is 8.97. The number of ether oxygens (including phenoxy) is 1. The zero-order valence-electron chi connectivity index (χ0n) is 16.2. The van der Waals surface area contributed by atoms with Gasteiger partial charge in [-0.3, -0.25) is 9.59 Å². The molecule has 1 aromatic heterocycles. The van der Waals surface area contributed by atoms with Gasteiger partial charge in [0, 0.05) is 12.1 Å². The summed E-state index contributed by atoms with van der Waals surface area (Å²) in [5.74, 6) is -3.20. The smallest absolute Gasteiger partial charge is 0.305 e. The van der Waals surface area contributed by atoms with E-state index in [2.05, 4.69) is 10.4 Å². The topological polar surface area (TPSA) is 93.4 Å². The number of aromatic nitrogens is 2. The molecule has 0 radical (unpaired) electrons. The lowest BCUT2D eigenvalue weighted by molar-refractivity contribution is -0.137. The fraction of sp³-hybridized carbons (Fsp3) is 0.190. The Kier molecular flexibility index (Phi) is 6.10. The number of carboxylic acid groups (broad SMARTS) is 1. The number of methoxy groups -OCH3 is 1. The third-order valence-corrected chi connectivity index (χ3v) is 4.50. The van der Waals surface area contributed by atoms with Crippen LogP contribution in [-0.2, 0) is 4.79 Å². The maximum Gasteiger partial charge on any atom is 0.305 e. The third-order valence-electron chi connectivity index (χ3n) is 4.50. The Balaban J connectivity index is 1.94. The number of aryl methyl sites for hydroxylation is 1. The number of nitrogens with zero attached hydrogens (tertiary/aromatic N) is 2. The molecule has 2 aromatic carbocycles. The number of amides is 1. The first-order chi connectivity index (χ1) is 14.3. The molecule has 156 valence electrons. The minimum atomic E-state index is -1.09. The Morgan fingerprint density at radius 1 is 1.20 bits per heavy atom. The molecule has 0 saturated heterocycles. The SMILES string of the molecule is COc1cc(C(=O)N[C@@H](CC(=O)O)c2ccccc2C)nn1-c1cc(F)ccc1F. The summed E-state index contributed by atoms with van der Waals surface area (Å²) in [6.07, 6.45) is -0.340. The molecule has 3 aromatic rings. The molecule has 1 atom stereocenters. The quantitative estimate of drug-likeness (QED) is 0.617. The van der Waals surface area contributed by atoms with E-state index in [9.17, 15) is 23.5 Å². The molecule has 0 bridgehead atoms. The average molecular weight is 415 g/mol. The second kappa shape index (κ2) is 8.73. The molecule has 0 aliphatic heterocycles. The molecule has 0 unspecified atom stereocenters. The van der Waals surface area contributed by atoms with E-state index in [0.717, 1.165) is 28.4 Å². The third kappa shape index (κ3) is 4.45. The predicted octanol–water partition coefficient (Wildman–Crippen LogP) is 3.41. The van der Waals surface area contributed by atoms with Crippen LogP contribution in [-0.4, -0.2) is 33.9 Å². The standard InChI is InChI=1S/C21H19F2N3O4/c1-12-5-3-4-6-14(12)16(11-20(27)28)24-21(29)17-10-19(30-2)26(25-17)18-9-13(22)7-8-15(18)23/h3-10,16H,11H2,1-2H3,(H,24,29)(H,27,28)/t16-/m0/s1. The van der Waals surface area contributed by atoms with Crippen molar-refractivity contribution in [2.75, 3.05) is 7.11 Å². The van der Waals surface area contributed by atoms with E-state index in [-0.39, 0.29) is 23.7 Å². The highest BCUT2D eigenvalue weighted by Crippen LogP contribution is 2.24. The number of halogens is 2. The van der Waals surface area contributed by atoms with Crippen molar-refractivity contribution in [2.24, 2.45) is 0 Å². The van der Waals surface area contributed by atoms with Crippen molar-refractivity contribution in [1.29, 1.82) is 0 Å². The Bertz CT molecular complexity index is 1100. The molecule has 2 N–H and O–H groups in total. The van der Waals surface area contributed by atoms with Gasteiger partial charge >= 0.3 is 5.97 Å². The second-order valence-corrected chi connectivity index (χ2v) is 6.56. The lowest BCUT2D eigenvalue weighted by atomic mass is 9.98. The highest BCUT2D eigenvalue weighted by Gasteiger charge is 2.24. The van der Waals surface area contributed by atoms with Gasteiger partial charge in [-0.1, -0.05) is 24.3 Å². The molecule has 0 saturated carbocycles. The Labute approximate surface area is 170 Å². The van der Waals surface area contributed by atoms with Crippen molar-refractivity contribution in [2.45, 2.75) is 19.4 Å². The highest BCUT2D eigenvalue weighted by atomic mass is 19.1. The largest absolute Gasteiger partial charge is 0.481 e. The van der Waals surface area contributed by atoms with Gasteiger partial charge in [-0.15, -0.1) is 0 Å². The molecule has 30 heavy (non-hydrogen) atoms. The van der Waals surface area contributed by atoms with Crippen molar-refractivity contribution in [3.05, 3.63) is 77.0 Å². The molecule has 9 heteroatoms. The van der Waals surface area contributed by atoms with Gasteiger partial charge < -0.3 is 15.2 Å². The molecular weight excluding hydrogens is 396 g/mol. The molecule has 0 aliphatic rings. The number of rotatable bonds is 7. The van der Waals surface area contributed by atoms with Crippen LogP contribution in [0.2, 0.25) is 0 Å². The van der Waals surface area contributed by atoms with Crippen molar-refractivity contribution in [3.63, 3.8) is 0 Å². The van der Waals surface area contributed by atoms with Gasteiger partial charge in [0.1, 0.15) is 17.3 Å². The number of hydrogen-bond acceptors (Lipinski definition) is 4. The fourth-order valence-corrected chi connectivity index (χ4v) is 3.06. The first kappa shape index (κ1) is 21.0. The van der Waals surface area contributed by atoms with Crippen LogP contribution in [0.3, 0.4) is 0 Å². The van der Waals surface area contributed by atoms with E-state index >= 15 is 0 Å². The molecule has 1 amide bonds. The summed E-state index contributed by atoms with van der Waals surface area (Å²) in [4.78, 5) is 24.1. The first-order valence-electron chi connectivity index (χ1n) is 8.97.